The smallest absolute Gasteiger partial charge is 0.238 e. The number of rotatable bonds is 6. The Morgan fingerprint density at radius 2 is 1.92 bits per heavy atom. The summed E-state index contributed by atoms with van der Waals surface area (Å²) < 4.78 is 0. The van der Waals surface area contributed by atoms with Gasteiger partial charge >= 0.3 is 0 Å². The van der Waals surface area contributed by atoms with Crippen molar-refractivity contribution >= 4 is 17.5 Å². The molecular weight excluding hydrogens is 316 g/mol. The van der Waals surface area contributed by atoms with Crippen LogP contribution in [0.15, 0.2) is 24.3 Å². The molecule has 1 aliphatic carbocycles. The maximum atomic E-state index is 12.2. The molecule has 0 radical (unpaired) electrons. The van der Waals surface area contributed by atoms with E-state index in [2.05, 4.69) is 20.4 Å². The van der Waals surface area contributed by atoms with Gasteiger partial charge in [0.1, 0.15) is 0 Å². The molecule has 2 fully saturated rings. The lowest BCUT2D eigenvalue weighted by atomic mass is 10.2. The van der Waals surface area contributed by atoms with Gasteiger partial charge in [-0.2, -0.15) is 0 Å². The average molecular weight is 344 g/mol. The average Bonchev–Trinajstić information content (AvgIpc) is 3.38. The van der Waals surface area contributed by atoms with Crippen LogP contribution in [0.3, 0.4) is 0 Å². The number of piperazine rings is 1. The van der Waals surface area contributed by atoms with Gasteiger partial charge in [-0.1, -0.05) is 12.1 Å². The predicted octanol–water partition coefficient (Wildman–Crippen LogP) is 1.22. The molecule has 1 atom stereocenters. The first kappa shape index (κ1) is 17.9. The maximum absolute atomic E-state index is 12.2. The van der Waals surface area contributed by atoms with Gasteiger partial charge in [-0.3, -0.25) is 19.4 Å². The van der Waals surface area contributed by atoms with E-state index in [1.165, 1.54) is 0 Å². The second-order valence-electron chi connectivity index (χ2n) is 7.19. The van der Waals surface area contributed by atoms with Gasteiger partial charge in [0.05, 0.1) is 12.6 Å². The third-order valence-corrected chi connectivity index (χ3v) is 4.93. The van der Waals surface area contributed by atoms with Crippen LogP contribution >= 0.6 is 0 Å². The summed E-state index contributed by atoms with van der Waals surface area (Å²) in [7, 11) is 0. The molecule has 2 amide bonds. The minimum Gasteiger partial charge on any atom is -0.352 e. The van der Waals surface area contributed by atoms with E-state index < -0.39 is 0 Å². The Labute approximate surface area is 149 Å². The predicted molar refractivity (Wildman–Crippen MR) is 98.4 cm³/mol. The first-order valence-corrected chi connectivity index (χ1v) is 9.14. The highest BCUT2D eigenvalue weighted by molar-refractivity contribution is 5.92. The maximum Gasteiger partial charge on any atom is 0.238 e. The fraction of sp³-hybridized carbons (Fsp3) is 0.579. The number of hydrogen-bond donors (Lipinski definition) is 2. The molecule has 6 nitrogen and oxygen atoms in total. The van der Waals surface area contributed by atoms with Crippen LogP contribution in [-0.4, -0.2) is 66.4 Å². The van der Waals surface area contributed by atoms with Crippen LogP contribution in [0.25, 0.3) is 0 Å². The largest absolute Gasteiger partial charge is 0.352 e. The van der Waals surface area contributed by atoms with E-state index in [-0.39, 0.29) is 17.9 Å². The minimum absolute atomic E-state index is 0.0126. The number of carbonyl (C=O) groups excluding carboxylic acids is 2. The SMILES string of the molecule is Cc1cccc(NC(=O)CN2CCN(C(C)C(=O)NC3CC3)CC2)c1. The van der Waals surface area contributed by atoms with Crippen molar-refractivity contribution in [3.63, 3.8) is 0 Å². The zero-order valence-electron chi connectivity index (χ0n) is 15.1. The number of benzene rings is 1. The van der Waals surface area contributed by atoms with Crippen LogP contribution in [0.1, 0.15) is 25.3 Å². The lowest BCUT2D eigenvalue weighted by molar-refractivity contribution is -0.127. The fourth-order valence-corrected chi connectivity index (χ4v) is 3.15. The van der Waals surface area contributed by atoms with Crippen LogP contribution in [-0.2, 0) is 9.59 Å². The molecule has 1 aromatic rings. The number of amides is 2. The van der Waals surface area contributed by atoms with Crippen LogP contribution in [0.5, 0.6) is 0 Å². The summed E-state index contributed by atoms with van der Waals surface area (Å²) in [6.45, 7) is 7.62. The number of nitrogens with one attached hydrogen (secondary N) is 2. The molecule has 1 heterocycles. The lowest BCUT2D eigenvalue weighted by Crippen LogP contribution is -2.55. The van der Waals surface area contributed by atoms with Gasteiger partial charge in [0.15, 0.2) is 0 Å². The number of aryl methyl sites for hydroxylation is 1. The highest BCUT2D eigenvalue weighted by atomic mass is 16.2. The summed E-state index contributed by atoms with van der Waals surface area (Å²) in [6, 6.07) is 8.14. The van der Waals surface area contributed by atoms with Crippen LogP contribution in [0, 0.1) is 6.92 Å². The normalized spacial score (nSPS) is 20.1. The van der Waals surface area contributed by atoms with Gasteiger partial charge in [0, 0.05) is 37.9 Å². The summed E-state index contributed by atoms with van der Waals surface area (Å²) in [5.74, 6) is 0.145. The Morgan fingerprint density at radius 3 is 2.56 bits per heavy atom. The van der Waals surface area contributed by atoms with Crippen LogP contribution in [0.2, 0.25) is 0 Å². The van der Waals surface area contributed by atoms with Crippen LogP contribution < -0.4 is 10.6 Å². The lowest BCUT2D eigenvalue weighted by Gasteiger charge is -2.37. The molecule has 1 unspecified atom stereocenters. The third kappa shape index (κ3) is 5.28. The van der Waals surface area contributed by atoms with E-state index in [1.807, 2.05) is 38.1 Å². The van der Waals surface area contributed by atoms with E-state index >= 15 is 0 Å². The van der Waals surface area contributed by atoms with E-state index in [0.717, 1.165) is 50.3 Å². The van der Waals surface area contributed by atoms with Gasteiger partial charge in [0.2, 0.25) is 11.8 Å². The van der Waals surface area contributed by atoms with Crippen LogP contribution in [0.4, 0.5) is 5.69 Å². The van der Waals surface area contributed by atoms with Crippen molar-refractivity contribution in [3.05, 3.63) is 29.8 Å². The second-order valence-corrected chi connectivity index (χ2v) is 7.19. The highest BCUT2D eigenvalue weighted by Gasteiger charge is 2.30. The molecule has 2 aliphatic rings. The molecule has 1 aliphatic heterocycles. The molecular formula is C19H28N4O2. The molecule has 1 saturated carbocycles. The van der Waals surface area contributed by atoms with E-state index in [1.54, 1.807) is 0 Å². The molecule has 0 spiro atoms. The third-order valence-electron chi connectivity index (χ3n) is 4.93. The number of anilines is 1. The molecule has 0 aromatic heterocycles. The van der Waals surface area contributed by atoms with Crippen molar-refractivity contribution in [2.75, 3.05) is 38.0 Å². The van der Waals surface area contributed by atoms with E-state index in [0.29, 0.717) is 12.6 Å². The van der Waals surface area contributed by atoms with Crippen molar-refractivity contribution in [2.45, 2.75) is 38.8 Å². The fourth-order valence-electron chi connectivity index (χ4n) is 3.15. The first-order chi connectivity index (χ1) is 12.0. The van der Waals surface area contributed by atoms with Crippen molar-refractivity contribution in [3.8, 4) is 0 Å². The zero-order valence-corrected chi connectivity index (χ0v) is 15.1. The Balaban J connectivity index is 1.41. The van der Waals surface area contributed by atoms with Crippen molar-refractivity contribution in [1.82, 2.24) is 15.1 Å². The standard InChI is InChI=1S/C19H28N4O2/c1-14-4-3-5-17(12-14)20-18(24)13-22-8-10-23(11-9-22)15(2)19(25)21-16-6-7-16/h3-5,12,15-16H,6-11,13H2,1-2H3,(H,20,24)(H,21,25). The summed E-state index contributed by atoms with van der Waals surface area (Å²) in [5, 5.41) is 6.02. The minimum atomic E-state index is -0.0936. The zero-order chi connectivity index (χ0) is 17.8. The Hall–Kier alpha value is -1.92. The Morgan fingerprint density at radius 1 is 1.20 bits per heavy atom. The second kappa shape index (κ2) is 7.97. The van der Waals surface area contributed by atoms with Gasteiger partial charge in [-0.25, -0.2) is 0 Å². The molecule has 1 saturated heterocycles. The topological polar surface area (TPSA) is 64.7 Å². The highest BCUT2D eigenvalue weighted by Crippen LogP contribution is 2.19. The molecule has 136 valence electrons. The van der Waals surface area contributed by atoms with E-state index in [4.69, 9.17) is 0 Å². The summed E-state index contributed by atoms with van der Waals surface area (Å²) in [4.78, 5) is 28.7. The summed E-state index contributed by atoms with van der Waals surface area (Å²) in [5.41, 5.74) is 1.97. The summed E-state index contributed by atoms with van der Waals surface area (Å²) in [6.07, 6.45) is 2.23. The molecule has 3 rings (SSSR count). The summed E-state index contributed by atoms with van der Waals surface area (Å²) >= 11 is 0. The van der Waals surface area contributed by atoms with Crippen molar-refractivity contribution < 1.29 is 9.59 Å². The van der Waals surface area contributed by atoms with Crippen molar-refractivity contribution in [1.29, 1.82) is 0 Å². The van der Waals surface area contributed by atoms with Crippen molar-refractivity contribution in [2.24, 2.45) is 0 Å². The number of carbonyl (C=O) groups is 2. The number of nitrogens with zero attached hydrogens (tertiary/aromatic N) is 2. The molecule has 2 N–H and O–H groups in total. The molecule has 6 heteroatoms. The van der Waals surface area contributed by atoms with Gasteiger partial charge < -0.3 is 10.6 Å². The van der Waals surface area contributed by atoms with Gasteiger partial charge in [-0.05, 0) is 44.4 Å². The molecule has 25 heavy (non-hydrogen) atoms. The quantitative estimate of drug-likeness (QED) is 0.814. The van der Waals surface area contributed by atoms with Gasteiger partial charge in [0.25, 0.3) is 0 Å². The Kier molecular flexibility index (Phi) is 5.71. The van der Waals surface area contributed by atoms with E-state index in [9.17, 15) is 9.59 Å². The van der Waals surface area contributed by atoms with Gasteiger partial charge in [-0.15, -0.1) is 0 Å². The Bertz CT molecular complexity index is 622. The number of hydrogen-bond acceptors (Lipinski definition) is 4. The molecule has 0 bridgehead atoms. The molecule has 1 aromatic carbocycles. The first-order valence-electron chi connectivity index (χ1n) is 9.14. The monoisotopic (exact) mass is 344 g/mol.